The molecule has 0 saturated carbocycles. The predicted molar refractivity (Wildman–Crippen MR) is 74.3 cm³/mol. The van der Waals surface area contributed by atoms with Crippen molar-refractivity contribution in [1.82, 2.24) is 20.1 Å². The molecule has 108 valence electrons. The van der Waals surface area contributed by atoms with Gasteiger partial charge in [0.05, 0.1) is 13.2 Å². The van der Waals surface area contributed by atoms with E-state index < -0.39 is 0 Å². The minimum absolute atomic E-state index is 0.00810. The van der Waals surface area contributed by atoms with Crippen molar-refractivity contribution in [2.24, 2.45) is 0 Å². The van der Waals surface area contributed by atoms with E-state index in [0.717, 1.165) is 11.3 Å². The van der Waals surface area contributed by atoms with Gasteiger partial charge in [-0.3, -0.25) is 4.79 Å². The summed E-state index contributed by atoms with van der Waals surface area (Å²) in [6.07, 6.45) is 1.35. The maximum absolute atomic E-state index is 12.0. The molecule has 1 amide bonds. The fourth-order valence-corrected chi connectivity index (χ4v) is 1.96. The highest BCUT2D eigenvalue weighted by Gasteiger charge is 2.14. The zero-order valence-corrected chi connectivity index (χ0v) is 11.8. The number of rotatable bonds is 5. The van der Waals surface area contributed by atoms with Gasteiger partial charge in [0.15, 0.2) is 0 Å². The number of nitriles is 1. The molecule has 1 atom stereocenters. The average Bonchev–Trinajstić information content (AvgIpc) is 2.94. The third-order valence-corrected chi connectivity index (χ3v) is 2.93. The van der Waals surface area contributed by atoms with Gasteiger partial charge in [-0.15, -0.1) is 5.10 Å². The van der Waals surface area contributed by atoms with E-state index in [2.05, 4.69) is 15.4 Å². The molecular weight excluding hydrogens is 270 g/mol. The van der Waals surface area contributed by atoms with Gasteiger partial charge in [-0.25, -0.2) is 9.67 Å². The summed E-state index contributed by atoms with van der Waals surface area (Å²) in [7, 11) is 1.59. The van der Waals surface area contributed by atoms with Crippen molar-refractivity contribution in [1.29, 1.82) is 5.26 Å². The third kappa shape index (κ3) is 3.57. The van der Waals surface area contributed by atoms with Crippen LogP contribution < -0.4 is 10.1 Å². The SMILES string of the molecule is COc1ccccc1C(C)NC(=O)Cn1cnc(C#N)n1. The fourth-order valence-electron chi connectivity index (χ4n) is 1.96. The second-order valence-corrected chi connectivity index (χ2v) is 4.41. The number of aromatic nitrogens is 3. The molecule has 0 bridgehead atoms. The first-order valence-electron chi connectivity index (χ1n) is 6.36. The van der Waals surface area contributed by atoms with Crippen molar-refractivity contribution in [3.63, 3.8) is 0 Å². The number of nitrogens with one attached hydrogen (secondary N) is 1. The Bertz CT molecular complexity index is 674. The summed E-state index contributed by atoms with van der Waals surface area (Å²) in [6.45, 7) is 1.88. The second-order valence-electron chi connectivity index (χ2n) is 4.41. The van der Waals surface area contributed by atoms with E-state index in [4.69, 9.17) is 10.00 Å². The zero-order chi connectivity index (χ0) is 15.2. The van der Waals surface area contributed by atoms with Crippen molar-refractivity contribution in [2.45, 2.75) is 19.5 Å². The van der Waals surface area contributed by atoms with Crippen LogP contribution in [0.2, 0.25) is 0 Å². The minimum Gasteiger partial charge on any atom is -0.496 e. The first-order valence-corrected chi connectivity index (χ1v) is 6.36. The van der Waals surface area contributed by atoms with E-state index >= 15 is 0 Å². The maximum Gasteiger partial charge on any atom is 0.252 e. The number of ether oxygens (including phenoxy) is 1. The number of hydrogen-bond donors (Lipinski definition) is 1. The van der Waals surface area contributed by atoms with Gasteiger partial charge in [-0.1, -0.05) is 18.2 Å². The van der Waals surface area contributed by atoms with Crippen LogP contribution >= 0.6 is 0 Å². The highest BCUT2D eigenvalue weighted by Crippen LogP contribution is 2.24. The summed E-state index contributed by atoms with van der Waals surface area (Å²) in [4.78, 5) is 15.7. The van der Waals surface area contributed by atoms with Crippen LogP contribution in [0.15, 0.2) is 30.6 Å². The van der Waals surface area contributed by atoms with Gasteiger partial charge in [-0.2, -0.15) is 5.26 Å². The van der Waals surface area contributed by atoms with E-state index in [1.165, 1.54) is 11.0 Å². The Labute approximate surface area is 122 Å². The molecule has 2 aromatic rings. The van der Waals surface area contributed by atoms with Gasteiger partial charge in [0, 0.05) is 5.56 Å². The Morgan fingerprint density at radius 1 is 1.52 bits per heavy atom. The Morgan fingerprint density at radius 2 is 2.29 bits per heavy atom. The van der Waals surface area contributed by atoms with Crippen LogP contribution in [0.3, 0.4) is 0 Å². The third-order valence-electron chi connectivity index (χ3n) is 2.93. The van der Waals surface area contributed by atoms with Crippen LogP contribution in [0.25, 0.3) is 0 Å². The van der Waals surface area contributed by atoms with Gasteiger partial charge in [0.25, 0.3) is 5.82 Å². The zero-order valence-electron chi connectivity index (χ0n) is 11.8. The van der Waals surface area contributed by atoms with Crippen LogP contribution in [0.4, 0.5) is 0 Å². The molecule has 1 N–H and O–H groups in total. The van der Waals surface area contributed by atoms with E-state index in [-0.39, 0.29) is 24.3 Å². The molecule has 1 heterocycles. The number of para-hydroxylation sites is 1. The topological polar surface area (TPSA) is 92.8 Å². The largest absolute Gasteiger partial charge is 0.496 e. The standard InChI is InChI=1S/C14H15N5O2/c1-10(11-5-3-4-6-12(11)21-2)17-14(20)8-19-9-16-13(7-15)18-19/h3-6,9-10H,8H2,1-2H3,(H,17,20). The average molecular weight is 285 g/mol. The fraction of sp³-hybridized carbons (Fsp3) is 0.286. The minimum atomic E-state index is -0.220. The van der Waals surface area contributed by atoms with Crippen molar-refractivity contribution in [2.75, 3.05) is 7.11 Å². The molecule has 7 nitrogen and oxygen atoms in total. The Morgan fingerprint density at radius 3 is 2.95 bits per heavy atom. The Kier molecular flexibility index (Phi) is 4.51. The summed E-state index contributed by atoms with van der Waals surface area (Å²) in [5, 5.41) is 15.3. The maximum atomic E-state index is 12.0. The molecule has 21 heavy (non-hydrogen) atoms. The molecule has 0 spiro atoms. The molecular formula is C14H15N5O2. The molecule has 0 saturated heterocycles. The second kappa shape index (κ2) is 6.52. The first kappa shape index (κ1) is 14.5. The Balaban J connectivity index is 2.00. The van der Waals surface area contributed by atoms with Gasteiger partial charge >= 0.3 is 0 Å². The van der Waals surface area contributed by atoms with Gasteiger partial charge in [0.1, 0.15) is 24.7 Å². The molecule has 0 radical (unpaired) electrons. The number of benzene rings is 1. The lowest BCUT2D eigenvalue weighted by molar-refractivity contribution is -0.122. The smallest absolute Gasteiger partial charge is 0.252 e. The predicted octanol–water partition coefficient (Wildman–Crippen LogP) is 1.04. The van der Waals surface area contributed by atoms with E-state index in [1.54, 1.807) is 7.11 Å². The van der Waals surface area contributed by atoms with Gasteiger partial charge in [-0.05, 0) is 13.0 Å². The molecule has 0 aliphatic heterocycles. The number of hydrogen-bond acceptors (Lipinski definition) is 5. The molecule has 7 heteroatoms. The summed E-state index contributed by atoms with van der Waals surface area (Å²) < 4.78 is 6.59. The van der Waals surface area contributed by atoms with Crippen molar-refractivity contribution in [3.05, 3.63) is 42.0 Å². The number of carbonyl (C=O) groups is 1. The highest BCUT2D eigenvalue weighted by molar-refractivity contribution is 5.76. The normalized spacial score (nSPS) is 11.5. The van der Waals surface area contributed by atoms with Crippen molar-refractivity contribution >= 4 is 5.91 Å². The molecule has 0 aliphatic rings. The molecule has 2 rings (SSSR count). The van der Waals surface area contributed by atoms with Crippen LogP contribution in [-0.2, 0) is 11.3 Å². The summed E-state index contributed by atoms with van der Waals surface area (Å²) in [5.41, 5.74) is 0.893. The lowest BCUT2D eigenvalue weighted by Crippen LogP contribution is -2.30. The van der Waals surface area contributed by atoms with Crippen molar-refractivity contribution in [3.8, 4) is 11.8 Å². The Hall–Kier alpha value is -2.88. The van der Waals surface area contributed by atoms with Crippen LogP contribution in [0.5, 0.6) is 5.75 Å². The van der Waals surface area contributed by atoms with Crippen LogP contribution in [0, 0.1) is 11.3 Å². The summed E-state index contributed by atoms with van der Waals surface area (Å²) in [5.74, 6) is 0.543. The van der Waals surface area contributed by atoms with Crippen LogP contribution in [0.1, 0.15) is 24.4 Å². The van der Waals surface area contributed by atoms with Gasteiger partial charge < -0.3 is 10.1 Å². The quantitative estimate of drug-likeness (QED) is 0.885. The monoisotopic (exact) mass is 285 g/mol. The van der Waals surface area contributed by atoms with Crippen LogP contribution in [-0.4, -0.2) is 27.8 Å². The highest BCUT2D eigenvalue weighted by atomic mass is 16.5. The molecule has 1 aromatic heterocycles. The lowest BCUT2D eigenvalue weighted by Gasteiger charge is -2.17. The molecule has 0 aliphatic carbocycles. The number of amides is 1. The lowest BCUT2D eigenvalue weighted by atomic mass is 10.1. The van der Waals surface area contributed by atoms with E-state index in [0.29, 0.717) is 0 Å². The van der Waals surface area contributed by atoms with E-state index in [9.17, 15) is 4.79 Å². The summed E-state index contributed by atoms with van der Waals surface area (Å²) in [6, 6.07) is 9.10. The molecule has 0 fully saturated rings. The summed E-state index contributed by atoms with van der Waals surface area (Å²) >= 11 is 0. The van der Waals surface area contributed by atoms with Gasteiger partial charge in [0.2, 0.25) is 5.91 Å². The first-order chi connectivity index (χ1) is 10.1. The molecule has 1 unspecified atom stereocenters. The number of nitrogens with zero attached hydrogens (tertiary/aromatic N) is 4. The van der Waals surface area contributed by atoms with E-state index in [1.807, 2.05) is 37.3 Å². The van der Waals surface area contributed by atoms with Crippen molar-refractivity contribution < 1.29 is 9.53 Å². The number of methoxy groups -OCH3 is 1. The number of carbonyl (C=O) groups excluding carboxylic acids is 1. The molecule has 1 aromatic carbocycles.